The highest BCUT2D eigenvalue weighted by Gasteiger charge is 2.65. The summed E-state index contributed by atoms with van der Waals surface area (Å²) >= 11 is 0. The van der Waals surface area contributed by atoms with Gasteiger partial charge in [0.05, 0.1) is 12.3 Å². The molecule has 0 saturated heterocycles. The van der Waals surface area contributed by atoms with Gasteiger partial charge in [-0.1, -0.05) is 32.1 Å². The highest BCUT2D eigenvalue weighted by Crippen LogP contribution is 2.70. The fourth-order valence-electron chi connectivity index (χ4n) is 4.01. The lowest BCUT2D eigenvalue weighted by Gasteiger charge is -2.28. The summed E-state index contributed by atoms with van der Waals surface area (Å²) in [5.74, 6) is -0.563. The smallest absolute Gasteiger partial charge is 0.360 e. The Morgan fingerprint density at radius 2 is 2.16 bits per heavy atom. The van der Waals surface area contributed by atoms with Crippen molar-refractivity contribution >= 4 is 5.97 Å². The molecule has 0 aromatic carbocycles. The molecule has 2 rings (SSSR count). The van der Waals surface area contributed by atoms with Gasteiger partial charge in [0.25, 0.3) is 0 Å². The average molecular weight is 350 g/mol. The third-order valence-corrected chi connectivity index (χ3v) is 6.11. The fraction of sp³-hybridized carbons (Fsp3) is 0.706. The number of allylic oxidation sites excluding steroid dienone is 1. The lowest BCUT2D eigenvalue weighted by Crippen LogP contribution is -2.33. The molecule has 1 heterocycles. The molecule has 8 nitrogen and oxygen atoms in total. The molecule has 0 aliphatic heterocycles. The van der Waals surface area contributed by atoms with Gasteiger partial charge in [-0.25, -0.2) is 4.79 Å². The van der Waals surface area contributed by atoms with Crippen molar-refractivity contribution in [2.24, 2.45) is 23.2 Å². The number of H-pyrrole nitrogens is 1. The van der Waals surface area contributed by atoms with E-state index in [0.717, 1.165) is 0 Å². The number of rotatable bonds is 8. The van der Waals surface area contributed by atoms with E-state index in [0.29, 0.717) is 5.69 Å². The van der Waals surface area contributed by atoms with Crippen LogP contribution in [-0.2, 0) is 4.74 Å². The van der Waals surface area contributed by atoms with Gasteiger partial charge in [-0.15, -0.1) is 11.7 Å². The number of esters is 1. The van der Waals surface area contributed by atoms with Crippen molar-refractivity contribution in [1.82, 2.24) is 15.4 Å². The first-order valence-electron chi connectivity index (χ1n) is 8.55. The summed E-state index contributed by atoms with van der Waals surface area (Å²) in [5.41, 5.74) is 0.546. The van der Waals surface area contributed by atoms with Gasteiger partial charge in [0.1, 0.15) is 0 Å². The number of nitro groups is 1. The molecule has 1 aliphatic rings. The average Bonchev–Trinajstić information content (AvgIpc) is 2.94. The van der Waals surface area contributed by atoms with Crippen molar-refractivity contribution in [3.05, 3.63) is 34.2 Å². The van der Waals surface area contributed by atoms with E-state index < -0.39 is 12.0 Å². The molecule has 8 heteroatoms. The molecule has 0 bridgehead atoms. The minimum atomic E-state index is -0.650. The molecule has 0 amide bonds. The Hall–Kier alpha value is -2.25. The number of carbonyl (C=O) groups excluding carboxylic acids is 1. The van der Waals surface area contributed by atoms with E-state index >= 15 is 0 Å². The summed E-state index contributed by atoms with van der Waals surface area (Å²) in [6.45, 7) is 13.5. The molecule has 1 aromatic rings. The molecule has 1 N–H and O–H groups in total. The maximum Gasteiger partial charge on any atom is 0.360 e. The van der Waals surface area contributed by atoms with E-state index in [1.165, 1.54) is 0 Å². The Kier molecular flexibility index (Phi) is 5.29. The summed E-state index contributed by atoms with van der Waals surface area (Å²) in [4.78, 5) is 23.0. The molecule has 3 unspecified atom stereocenters. The first-order valence-corrected chi connectivity index (χ1v) is 8.55. The molecule has 1 saturated carbocycles. The number of hydrogen-bond acceptors (Lipinski definition) is 6. The summed E-state index contributed by atoms with van der Waals surface area (Å²) in [6.07, 6.45) is 1.85. The minimum Gasteiger partial charge on any atom is -0.461 e. The van der Waals surface area contributed by atoms with Gasteiger partial charge in [-0.3, -0.25) is 15.2 Å². The van der Waals surface area contributed by atoms with Crippen LogP contribution >= 0.6 is 0 Å². The normalized spacial score (nSPS) is 28.7. The molecule has 6 atom stereocenters. The molecule has 0 radical (unpaired) electrons. The second kappa shape index (κ2) is 6.93. The number of nitrogens with one attached hydrogen (secondary N) is 1. The van der Waals surface area contributed by atoms with E-state index in [-0.39, 0.29) is 46.3 Å². The zero-order valence-corrected chi connectivity index (χ0v) is 15.4. The first kappa shape index (κ1) is 19.1. The van der Waals surface area contributed by atoms with Crippen LogP contribution in [0, 0.1) is 33.3 Å². The summed E-state index contributed by atoms with van der Waals surface area (Å²) in [7, 11) is 0. The Balaban J connectivity index is 2.32. The van der Waals surface area contributed by atoms with Crippen molar-refractivity contribution in [2.45, 2.75) is 46.6 Å². The van der Waals surface area contributed by atoms with Gasteiger partial charge in [0.15, 0.2) is 5.69 Å². The highest BCUT2D eigenvalue weighted by molar-refractivity contribution is 5.88. The van der Waals surface area contributed by atoms with E-state index in [1.54, 1.807) is 13.8 Å². The van der Waals surface area contributed by atoms with Crippen LogP contribution < -0.4 is 0 Å². The van der Waals surface area contributed by atoms with Crippen LogP contribution in [0.4, 0.5) is 0 Å². The number of hydrogen-bond donors (Lipinski definition) is 1. The zero-order chi connectivity index (χ0) is 18.9. The number of carbonyl (C=O) groups is 1. The van der Waals surface area contributed by atoms with Crippen LogP contribution in [0.3, 0.4) is 0 Å². The lowest BCUT2D eigenvalue weighted by molar-refractivity contribution is -0.529. The number of aromatic amines is 1. The van der Waals surface area contributed by atoms with Gasteiger partial charge < -0.3 is 4.74 Å². The number of ether oxygens (including phenoxy) is 1. The van der Waals surface area contributed by atoms with Crippen molar-refractivity contribution in [2.75, 3.05) is 6.61 Å². The predicted molar refractivity (Wildman–Crippen MR) is 91.7 cm³/mol. The van der Waals surface area contributed by atoms with E-state index in [9.17, 15) is 14.9 Å². The largest absolute Gasteiger partial charge is 0.461 e. The summed E-state index contributed by atoms with van der Waals surface area (Å²) in [5, 5.41) is 21.6. The Morgan fingerprint density at radius 1 is 1.52 bits per heavy atom. The monoisotopic (exact) mass is 350 g/mol. The Morgan fingerprint density at radius 3 is 2.68 bits per heavy atom. The number of nitrogens with zero attached hydrogens (tertiary/aromatic N) is 3. The van der Waals surface area contributed by atoms with Crippen molar-refractivity contribution in [3.8, 4) is 0 Å². The standard InChI is InChI=1S/C17H26N4O4/c1-7-12-13(14-15(19-20-18-14)16(22)25-8-2)17(12,6)10(4)9(3)11(5)21(23)24/h7,9-13H,1,8H2,2-6H3,(H,18,19,20)/t9-,10-,11-,12?,13?,17?/m0/s1. The van der Waals surface area contributed by atoms with Crippen molar-refractivity contribution in [3.63, 3.8) is 0 Å². The van der Waals surface area contributed by atoms with Crippen LogP contribution in [0.25, 0.3) is 0 Å². The van der Waals surface area contributed by atoms with Crippen molar-refractivity contribution in [1.29, 1.82) is 0 Å². The minimum absolute atomic E-state index is 0.0410. The topological polar surface area (TPSA) is 111 Å². The van der Waals surface area contributed by atoms with E-state index in [4.69, 9.17) is 4.74 Å². The molecule has 25 heavy (non-hydrogen) atoms. The second-order valence-electron chi connectivity index (χ2n) is 7.07. The fourth-order valence-corrected chi connectivity index (χ4v) is 4.01. The SMILES string of the molecule is C=CC1C(c2[nH]nnc2C(=O)OCC)C1(C)[C@@H](C)[C@H](C)[C@H](C)[N+](=O)[O-]. The molecule has 0 spiro atoms. The van der Waals surface area contributed by atoms with Crippen molar-refractivity contribution < 1.29 is 14.5 Å². The third kappa shape index (κ3) is 3.05. The van der Waals surface area contributed by atoms with Gasteiger partial charge in [0, 0.05) is 23.7 Å². The van der Waals surface area contributed by atoms with E-state index in [2.05, 4.69) is 28.9 Å². The van der Waals surface area contributed by atoms with Gasteiger partial charge in [0.2, 0.25) is 6.04 Å². The summed E-state index contributed by atoms with van der Waals surface area (Å²) < 4.78 is 5.04. The predicted octanol–water partition coefficient (Wildman–Crippen LogP) is 2.82. The van der Waals surface area contributed by atoms with Crippen LogP contribution in [0.1, 0.15) is 56.7 Å². The second-order valence-corrected chi connectivity index (χ2v) is 7.07. The molecule has 1 aliphatic carbocycles. The van der Waals surface area contributed by atoms with Gasteiger partial charge in [-0.2, -0.15) is 0 Å². The first-order chi connectivity index (χ1) is 11.7. The Bertz CT molecular complexity index is 673. The van der Waals surface area contributed by atoms with Gasteiger partial charge >= 0.3 is 5.97 Å². The zero-order valence-electron chi connectivity index (χ0n) is 15.4. The van der Waals surface area contributed by atoms with Crippen LogP contribution in [0.2, 0.25) is 0 Å². The molecule has 138 valence electrons. The molecular weight excluding hydrogens is 324 g/mol. The van der Waals surface area contributed by atoms with Crippen LogP contribution in [0.15, 0.2) is 12.7 Å². The van der Waals surface area contributed by atoms with Crippen LogP contribution in [-0.4, -0.2) is 39.0 Å². The maximum atomic E-state index is 12.1. The van der Waals surface area contributed by atoms with Crippen LogP contribution in [0.5, 0.6) is 0 Å². The molecular formula is C17H26N4O4. The molecule has 1 fully saturated rings. The van der Waals surface area contributed by atoms with Gasteiger partial charge in [-0.05, 0) is 24.2 Å². The maximum absolute atomic E-state index is 12.1. The Labute approximate surface area is 147 Å². The summed E-state index contributed by atoms with van der Waals surface area (Å²) in [6, 6.07) is -0.650. The highest BCUT2D eigenvalue weighted by atomic mass is 16.6. The number of aromatic nitrogens is 3. The lowest BCUT2D eigenvalue weighted by atomic mass is 9.76. The van der Waals surface area contributed by atoms with E-state index in [1.807, 2.05) is 19.9 Å². The molecule has 1 aromatic heterocycles. The third-order valence-electron chi connectivity index (χ3n) is 6.11. The quantitative estimate of drug-likeness (QED) is 0.334.